The summed E-state index contributed by atoms with van der Waals surface area (Å²) in [5, 5.41) is 14.3. The number of nitrogens with one attached hydrogen (secondary N) is 1. The number of nitrogens with zero attached hydrogens (tertiary/aromatic N) is 2. The van der Waals surface area contributed by atoms with E-state index in [2.05, 4.69) is 9.71 Å². The molecule has 0 radical (unpaired) electrons. The highest BCUT2D eigenvalue weighted by Crippen LogP contribution is 2.55. The van der Waals surface area contributed by atoms with Crippen molar-refractivity contribution in [1.82, 2.24) is 4.57 Å². The summed E-state index contributed by atoms with van der Waals surface area (Å²) >= 11 is 0. The molecule has 0 fully saturated rings. The Morgan fingerprint density at radius 1 is 1.11 bits per heavy atom. The van der Waals surface area contributed by atoms with Crippen molar-refractivity contribution >= 4 is 33.2 Å². The van der Waals surface area contributed by atoms with Gasteiger partial charge in [0, 0.05) is 11.9 Å². The molecule has 1 aliphatic heterocycles. The number of benzene rings is 2. The first-order chi connectivity index (χ1) is 13.4. The summed E-state index contributed by atoms with van der Waals surface area (Å²) < 4.78 is 26.6. The van der Waals surface area contributed by atoms with Crippen molar-refractivity contribution in [1.29, 1.82) is 0 Å². The second-order valence-electron chi connectivity index (χ2n) is 6.63. The second-order valence-corrected chi connectivity index (χ2v) is 8.29. The fourth-order valence-corrected chi connectivity index (χ4v) is 4.55. The predicted octanol–water partition coefficient (Wildman–Crippen LogP) is 4.40. The number of para-hydroxylation sites is 2. The topological polar surface area (TPSA) is 107 Å². The Balaban J connectivity index is 1.97. The van der Waals surface area contributed by atoms with Crippen molar-refractivity contribution in [2.45, 2.75) is 31.2 Å². The van der Waals surface area contributed by atoms with Gasteiger partial charge in [-0.3, -0.25) is 13.9 Å². The summed E-state index contributed by atoms with van der Waals surface area (Å²) in [5.41, 5.74) is 0.583. The van der Waals surface area contributed by atoms with Crippen LogP contribution in [0.1, 0.15) is 25.3 Å². The lowest BCUT2D eigenvalue weighted by Gasteiger charge is -2.34. The quantitative estimate of drug-likeness (QED) is 0.520. The highest BCUT2D eigenvalue weighted by molar-refractivity contribution is 8.23. The van der Waals surface area contributed by atoms with Crippen LogP contribution in [0.25, 0.3) is 10.9 Å². The lowest BCUT2D eigenvalue weighted by atomic mass is 10.1. The molecule has 0 aliphatic carbocycles. The molecule has 0 spiro atoms. The molecule has 0 bridgehead atoms. The molecule has 7 nitrogen and oxygen atoms in total. The fourth-order valence-electron chi connectivity index (χ4n) is 3.38. The number of rotatable bonds is 4. The van der Waals surface area contributed by atoms with Gasteiger partial charge in [0.2, 0.25) is 0 Å². The molecule has 28 heavy (non-hydrogen) atoms. The summed E-state index contributed by atoms with van der Waals surface area (Å²) in [6.45, 7) is 2.52. The number of anilines is 1. The molecule has 1 aromatic heterocycles. The molecule has 0 atom stereocenters. The molecule has 146 valence electrons. The molecule has 0 amide bonds. The van der Waals surface area contributed by atoms with Gasteiger partial charge in [-0.05, 0) is 30.7 Å². The zero-order valence-electron chi connectivity index (χ0n) is 15.3. The average Bonchev–Trinajstić information content (AvgIpc) is 2.68. The number of aromatic hydroxyl groups is 1. The molecule has 0 unspecified atom stereocenters. The van der Waals surface area contributed by atoms with Gasteiger partial charge in [-0.25, -0.2) is 0 Å². The van der Waals surface area contributed by atoms with Gasteiger partial charge in [-0.2, -0.15) is 0 Å². The highest BCUT2D eigenvalue weighted by atomic mass is 32.3. The number of unbranched alkanes of at least 4 members (excludes halogenated alkanes) is 1. The van der Waals surface area contributed by atoms with Crippen molar-refractivity contribution in [3.8, 4) is 5.75 Å². The van der Waals surface area contributed by atoms with Gasteiger partial charge in [0.25, 0.3) is 5.56 Å². The van der Waals surface area contributed by atoms with Crippen LogP contribution < -0.4 is 10.9 Å². The lowest BCUT2D eigenvalue weighted by molar-refractivity contribution is 0.476. The van der Waals surface area contributed by atoms with Crippen LogP contribution in [0.5, 0.6) is 5.75 Å². The van der Waals surface area contributed by atoms with E-state index in [1.165, 1.54) is 0 Å². The van der Waals surface area contributed by atoms with Crippen LogP contribution in [0.15, 0.2) is 62.6 Å². The van der Waals surface area contributed by atoms with Gasteiger partial charge in [0.1, 0.15) is 16.2 Å². The number of hydrogen-bond acceptors (Lipinski definition) is 6. The molecule has 4 N–H and O–H groups in total. The molecule has 2 heterocycles. The minimum absolute atomic E-state index is 0.0443. The van der Waals surface area contributed by atoms with E-state index in [1.54, 1.807) is 47.0 Å². The maximum atomic E-state index is 13.3. The van der Waals surface area contributed by atoms with Crippen LogP contribution in [-0.4, -0.2) is 24.6 Å². The van der Waals surface area contributed by atoms with Crippen LogP contribution in [0.2, 0.25) is 0 Å². The van der Waals surface area contributed by atoms with E-state index < -0.39 is 16.3 Å². The molecule has 2 aromatic carbocycles. The van der Waals surface area contributed by atoms with Crippen molar-refractivity contribution in [2.24, 2.45) is 4.40 Å². The number of aromatic nitrogens is 1. The van der Waals surface area contributed by atoms with E-state index in [9.17, 15) is 19.0 Å². The maximum absolute atomic E-state index is 13.3. The zero-order valence-corrected chi connectivity index (χ0v) is 16.1. The minimum Gasteiger partial charge on any atom is -0.506 e. The van der Waals surface area contributed by atoms with Crippen molar-refractivity contribution in [3.63, 3.8) is 0 Å². The Labute approximate surface area is 163 Å². The third kappa shape index (κ3) is 2.95. The zero-order chi connectivity index (χ0) is 19.9. The molecular formula is C20H21N3O4S. The summed E-state index contributed by atoms with van der Waals surface area (Å²) in [7, 11) is -3.49. The predicted molar refractivity (Wildman–Crippen MR) is 112 cm³/mol. The van der Waals surface area contributed by atoms with Gasteiger partial charge < -0.3 is 15.0 Å². The van der Waals surface area contributed by atoms with Gasteiger partial charge >= 0.3 is 0 Å². The van der Waals surface area contributed by atoms with Gasteiger partial charge in [-0.15, -0.1) is 4.40 Å². The van der Waals surface area contributed by atoms with E-state index in [0.717, 1.165) is 12.8 Å². The molecule has 0 saturated heterocycles. The number of pyridine rings is 1. The molecule has 0 saturated carbocycles. The van der Waals surface area contributed by atoms with Crippen molar-refractivity contribution in [3.05, 3.63) is 64.4 Å². The van der Waals surface area contributed by atoms with Crippen molar-refractivity contribution in [2.75, 3.05) is 5.32 Å². The van der Waals surface area contributed by atoms with Crippen LogP contribution in [0.3, 0.4) is 0 Å². The smallest absolute Gasteiger partial charge is 0.265 e. The third-order valence-corrected chi connectivity index (χ3v) is 6.15. The fraction of sp³-hybridized carbons (Fsp3) is 0.200. The minimum atomic E-state index is -3.49. The van der Waals surface area contributed by atoms with Gasteiger partial charge in [-0.1, -0.05) is 48.4 Å². The first kappa shape index (κ1) is 18.5. The lowest BCUT2D eigenvalue weighted by Crippen LogP contribution is -2.32. The standard InChI is InChI=1S/C20H21N3O4S/c1-2-3-12-23-15-10-6-4-8-13(15)18(24)17(20(23)25)19-21-14-9-5-7-11-16(14)28(26,27)22-19/h4-11,24,26-27H,2-3,12H2,1H3,(H,21,22). The number of amidine groups is 1. The summed E-state index contributed by atoms with van der Waals surface area (Å²) in [6, 6.07) is 13.8. The average molecular weight is 399 g/mol. The highest BCUT2D eigenvalue weighted by Gasteiger charge is 2.30. The van der Waals surface area contributed by atoms with Crippen LogP contribution in [0.4, 0.5) is 5.69 Å². The van der Waals surface area contributed by atoms with Gasteiger partial charge in [0.05, 0.1) is 11.2 Å². The third-order valence-electron chi connectivity index (χ3n) is 4.77. The van der Waals surface area contributed by atoms with E-state index >= 15 is 0 Å². The molecule has 3 aromatic rings. The van der Waals surface area contributed by atoms with Crippen LogP contribution in [0, 0.1) is 0 Å². The first-order valence-electron chi connectivity index (χ1n) is 9.03. The van der Waals surface area contributed by atoms with E-state index in [1.807, 2.05) is 13.0 Å². The Bertz CT molecular complexity index is 1150. The molecule has 1 aliphatic rings. The Kier molecular flexibility index (Phi) is 4.62. The Morgan fingerprint density at radius 2 is 1.82 bits per heavy atom. The normalized spacial score (nSPS) is 16.2. The first-order valence-corrected chi connectivity index (χ1v) is 10.5. The number of fused-ring (bicyclic) bond motifs is 2. The summed E-state index contributed by atoms with van der Waals surface area (Å²) in [5.74, 6) is -0.272. The Hall–Kier alpha value is -2.81. The van der Waals surface area contributed by atoms with Gasteiger partial charge in [0.15, 0.2) is 5.84 Å². The summed E-state index contributed by atoms with van der Waals surface area (Å²) in [4.78, 5) is 13.5. The molecule has 4 rings (SSSR count). The van der Waals surface area contributed by atoms with Crippen LogP contribution in [-0.2, 0) is 6.54 Å². The number of hydrogen-bond donors (Lipinski definition) is 4. The van der Waals surface area contributed by atoms with E-state index in [0.29, 0.717) is 23.1 Å². The maximum Gasteiger partial charge on any atom is 0.265 e. The SMILES string of the molecule is CCCCn1c(=O)c(C2=NS(O)(O)c3ccccc3N2)c(O)c2ccccc21. The number of aryl methyl sites for hydroxylation is 1. The van der Waals surface area contributed by atoms with E-state index in [4.69, 9.17) is 0 Å². The monoisotopic (exact) mass is 399 g/mol. The second kappa shape index (κ2) is 6.97. The summed E-state index contributed by atoms with van der Waals surface area (Å²) in [6.07, 6.45) is 1.70. The van der Waals surface area contributed by atoms with E-state index in [-0.39, 0.29) is 22.0 Å². The Morgan fingerprint density at radius 3 is 2.61 bits per heavy atom. The van der Waals surface area contributed by atoms with Crippen LogP contribution >= 0.6 is 10.8 Å². The molecule has 8 heteroatoms. The largest absolute Gasteiger partial charge is 0.506 e. The molecular weight excluding hydrogens is 378 g/mol. The van der Waals surface area contributed by atoms with Crippen molar-refractivity contribution < 1.29 is 14.2 Å².